The van der Waals surface area contributed by atoms with Crippen LogP contribution in [0.1, 0.15) is 31.9 Å². The summed E-state index contributed by atoms with van der Waals surface area (Å²) >= 11 is 0. The Morgan fingerprint density at radius 1 is 1.50 bits per heavy atom. The van der Waals surface area contributed by atoms with E-state index in [2.05, 4.69) is 22.2 Å². The average molecular weight is 167 g/mol. The number of aromatic nitrogens is 2. The highest BCUT2D eigenvalue weighted by Crippen LogP contribution is 2.01. The topological polar surface area (TPSA) is 40.7 Å². The van der Waals surface area contributed by atoms with Crippen LogP contribution in [0.2, 0.25) is 0 Å². The molecular formula is C9H17N3. The van der Waals surface area contributed by atoms with Crippen molar-refractivity contribution < 1.29 is 0 Å². The Morgan fingerprint density at radius 3 is 2.92 bits per heavy atom. The van der Waals surface area contributed by atoms with Gasteiger partial charge < -0.3 is 10.3 Å². The molecule has 12 heavy (non-hydrogen) atoms. The summed E-state index contributed by atoms with van der Waals surface area (Å²) in [5.74, 6) is 0.892. The molecule has 3 heteroatoms. The molecule has 3 nitrogen and oxygen atoms in total. The van der Waals surface area contributed by atoms with Crippen LogP contribution in [-0.4, -0.2) is 16.5 Å². The quantitative estimate of drug-likeness (QED) is 0.661. The van der Waals surface area contributed by atoms with Crippen molar-refractivity contribution in [1.82, 2.24) is 9.97 Å². The molecule has 1 rings (SSSR count). The standard InChI is InChI=1S/C9H17N3/c1-3-4-5-6-10-9-11-7-8(2)12-9/h7H,3-6H2,1-2H3,(H2,10,11,12). The number of nitrogens with zero attached hydrogens (tertiary/aromatic N) is 1. The summed E-state index contributed by atoms with van der Waals surface area (Å²) in [5, 5.41) is 3.23. The first-order valence-corrected chi connectivity index (χ1v) is 4.58. The maximum absolute atomic E-state index is 4.15. The van der Waals surface area contributed by atoms with E-state index in [0.29, 0.717) is 0 Å². The van der Waals surface area contributed by atoms with Crippen LogP contribution in [0.4, 0.5) is 5.95 Å². The number of aryl methyl sites for hydroxylation is 1. The number of nitrogens with one attached hydrogen (secondary N) is 2. The Morgan fingerprint density at radius 2 is 2.33 bits per heavy atom. The molecule has 0 amide bonds. The number of anilines is 1. The minimum absolute atomic E-state index is 0.892. The SMILES string of the molecule is CCCCCNc1ncc(C)[nH]1. The summed E-state index contributed by atoms with van der Waals surface area (Å²) in [6.45, 7) is 5.22. The first kappa shape index (κ1) is 9.10. The molecule has 0 unspecified atom stereocenters. The lowest BCUT2D eigenvalue weighted by molar-refractivity contribution is 0.741. The molecule has 0 aromatic carbocycles. The lowest BCUT2D eigenvalue weighted by Gasteiger charge is -2.00. The van der Waals surface area contributed by atoms with E-state index < -0.39 is 0 Å². The molecule has 0 aliphatic carbocycles. The highest BCUT2D eigenvalue weighted by molar-refractivity contribution is 5.25. The van der Waals surface area contributed by atoms with Gasteiger partial charge >= 0.3 is 0 Å². The number of H-pyrrole nitrogens is 1. The number of hydrogen-bond donors (Lipinski definition) is 2. The Labute approximate surface area is 73.6 Å². The molecule has 1 heterocycles. The van der Waals surface area contributed by atoms with Crippen molar-refractivity contribution in [1.29, 1.82) is 0 Å². The van der Waals surface area contributed by atoms with Gasteiger partial charge in [-0.2, -0.15) is 0 Å². The smallest absolute Gasteiger partial charge is 0.200 e. The molecule has 1 aromatic rings. The predicted octanol–water partition coefficient (Wildman–Crippen LogP) is 2.32. The Hall–Kier alpha value is -0.990. The van der Waals surface area contributed by atoms with E-state index in [1.54, 1.807) is 0 Å². The van der Waals surface area contributed by atoms with Gasteiger partial charge in [-0.05, 0) is 13.3 Å². The fourth-order valence-corrected chi connectivity index (χ4v) is 1.08. The van der Waals surface area contributed by atoms with Gasteiger partial charge in [-0.25, -0.2) is 4.98 Å². The zero-order chi connectivity index (χ0) is 8.81. The summed E-state index contributed by atoms with van der Waals surface area (Å²) in [5.41, 5.74) is 1.10. The second-order valence-corrected chi connectivity index (χ2v) is 3.05. The van der Waals surface area contributed by atoms with Gasteiger partial charge in [-0.15, -0.1) is 0 Å². The van der Waals surface area contributed by atoms with Crippen LogP contribution in [0, 0.1) is 6.92 Å². The highest BCUT2D eigenvalue weighted by atomic mass is 15.1. The van der Waals surface area contributed by atoms with Crippen LogP contribution in [0.15, 0.2) is 6.20 Å². The van der Waals surface area contributed by atoms with Crippen LogP contribution in [0.25, 0.3) is 0 Å². The van der Waals surface area contributed by atoms with Crippen molar-refractivity contribution >= 4 is 5.95 Å². The van der Waals surface area contributed by atoms with Crippen LogP contribution >= 0.6 is 0 Å². The van der Waals surface area contributed by atoms with E-state index in [4.69, 9.17) is 0 Å². The predicted molar refractivity (Wildman–Crippen MR) is 51.3 cm³/mol. The van der Waals surface area contributed by atoms with Gasteiger partial charge in [0.05, 0.1) is 0 Å². The third-order valence-corrected chi connectivity index (χ3v) is 1.78. The minimum Gasteiger partial charge on any atom is -0.356 e. The molecule has 68 valence electrons. The average Bonchev–Trinajstić information content (AvgIpc) is 2.45. The van der Waals surface area contributed by atoms with Gasteiger partial charge in [-0.3, -0.25) is 0 Å². The molecule has 0 aliphatic heterocycles. The van der Waals surface area contributed by atoms with E-state index in [1.165, 1.54) is 19.3 Å². The molecule has 2 N–H and O–H groups in total. The summed E-state index contributed by atoms with van der Waals surface area (Å²) < 4.78 is 0. The second-order valence-electron chi connectivity index (χ2n) is 3.05. The van der Waals surface area contributed by atoms with Crippen molar-refractivity contribution in [3.05, 3.63) is 11.9 Å². The zero-order valence-electron chi connectivity index (χ0n) is 7.85. The summed E-state index contributed by atoms with van der Waals surface area (Å²) in [7, 11) is 0. The maximum Gasteiger partial charge on any atom is 0.200 e. The Bertz CT molecular complexity index is 217. The lowest BCUT2D eigenvalue weighted by Crippen LogP contribution is -2.02. The molecule has 0 atom stereocenters. The second kappa shape index (κ2) is 4.80. The zero-order valence-corrected chi connectivity index (χ0v) is 7.85. The Kier molecular flexibility index (Phi) is 3.64. The number of aromatic amines is 1. The molecule has 0 saturated heterocycles. The van der Waals surface area contributed by atoms with Crippen molar-refractivity contribution in [3.63, 3.8) is 0 Å². The van der Waals surface area contributed by atoms with Gasteiger partial charge in [-0.1, -0.05) is 19.8 Å². The third-order valence-electron chi connectivity index (χ3n) is 1.78. The van der Waals surface area contributed by atoms with Gasteiger partial charge in [0, 0.05) is 18.4 Å². The van der Waals surface area contributed by atoms with Gasteiger partial charge in [0.2, 0.25) is 0 Å². The molecule has 0 radical (unpaired) electrons. The fourth-order valence-electron chi connectivity index (χ4n) is 1.08. The number of rotatable bonds is 5. The number of unbranched alkanes of at least 4 members (excludes halogenated alkanes) is 2. The van der Waals surface area contributed by atoms with Gasteiger partial charge in [0.1, 0.15) is 0 Å². The molecule has 0 saturated carbocycles. The van der Waals surface area contributed by atoms with E-state index in [0.717, 1.165) is 18.2 Å². The lowest BCUT2D eigenvalue weighted by atomic mass is 10.2. The van der Waals surface area contributed by atoms with Crippen molar-refractivity contribution in [3.8, 4) is 0 Å². The normalized spacial score (nSPS) is 10.2. The van der Waals surface area contributed by atoms with E-state index in [1.807, 2.05) is 13.1 Å². The van der Waals surface area contributed by atoms with Crippen LogP contribution in [0.5, 0.6) is 0 Å². The van der Waals surface area contributed by atoms with Gasteiger partial charge in [0.25, 0.3) is 0 Å². The molecule has 0 bridgehead atoms. The number of hydrogen-bond acceptors (Lipinski definition) is 2. The molecule has 0 aliphatic rings. The first-order valence-electron chi connectivity index (χ1n) is 4.58. The number of imidazole rings is 1. The van der Waals surface area contributed by atoms with E-state index >= 15 is 0 Å². The van der Waals surface area contributed by atoms with E-state index in [-0.39, 0.29) is 0 Å². The van der Waals surface area contributed by atoms with Crippen molar-refractivity contribution in [2.24, 2.45) is 0 Å². The minimum atomic E-state index is 0.892. The summed E-state index contributed by atoms with van der Waals surface area (Å²) in [6.07, 6.45) is 5.60. The highest BCUT2D eigenvalue weighted by Gasteiger charge is 1.93. The molecule has 0 spiro atoms. The van der Waals surface area contributed by atoms with E-state index in [9.17, 15) is 0 Å². The van der Waals surface area contributed by atoms with Crippen LogP contribution < -0.4 is 5.32 Å². The van der Waals surface area contributed by atoms with Crippen molar-refractivity contribution in [2.45, 2.75) is 33.1 Å². The largest absolute Gasteiger partial charge is 0.356 e. The molecular weight excluding hydrogens is 150 g/mol. The monoisotopic (exact) mass is 167 g/mol. The van der Waals surface area contributed by atoms with Gasteiger partial charge in [0.15, 0.2) is 5.95 Å². The maximum atomic E-state index is 4.15. The summed E-state index contributed by atoms with van der Waals surface area (Å²) in [4.78, 5) is 7.28. The molecule has 0 fully saturated rings. The fraction of sp³-hybridized carbons (Fsp3) is 0.667. The van der Waals surface area contributed by atoms with Crippen LogP contribution in [0.3, 0.4) is 0 Å². The molecule has 1 aromatic heterocycles. The van der Waals surface area contributed by atoms with Crippen molar-refractivity contribution in [2.75, 3.05) is 11.9 Å². The Balaban J connectivity index is 2.15. The first-order chi connectivity index (χ1) is 5.83. The van der Waals surface area contributed by atoms with Crippen LogP contribution in [-0.2, 0) is 0 Å². The third kappa shape index (κ3) is 2.95. The summed E-state index contributed by atoms with van der Waals surface area (Å²) in [6, 6.07) is 0.